The zero-order valence-electron chi connectivity index (χ0n) is 13.9. The molecule has 0 aliphatic rings. The van der Waals surface area contributed by atoms with Crippen LogP contribution in [0.15, 0.2) is 29.4 Å². The third-order valence-corrected chi connectivity index (χ3v) is 4.33. The average molecular weight is 372 g/mol. The minimum Gasteiger partial charge on any atom is -0.325 e. The van der Waals surface area contributed by atoms with Gasteiger partial charge in [-0.2, -0.15) is 13.2 Å². The van der Waals surface area contributed by atoms with Crippen molar-refractivity contribution < 1.29 is 18.0 Å². The van der Waals surface area contributed by atoms with Crippen LogP contribution in [0.5, 0.6) is 0 Å². The van der Waals surface area contributed by atoms with E-state index in [4.69, 9.17) is 0 Å². The number of carbonyl (C=O) groups is 1. The minimum atomic E-state index is -4.44. The quantitative estimate of drug-likeness (QED) is 0.747. The Hall–Kier alpha value is -2.03. The Morgan fingerprint density at radius 1 is 1.28 bits per heavy atom. The second-order valence-electron chi connectivity index (χ2n) is 5.32. The molecule has 0 saturated carbocycles. The van der Waals surface area contributed by atoms with Crippen molar-refractivity contribution in [3.05, 3.63) is 35.7 Å². The van der Waals surface area contributed by atoms with Gasteiger partial charge in [0.15, 0.2) is 5.16 Å². The third kappa shape index (κ3) is 5.22. The Morgan fingerprint density at radius 3 is 2.68 bits per heavy atom. The van der Waals surface area contributed by atoms with Crippen LogP contribution in [0.3, 0.4) is 0 Å². The first kappa shape index (κ1) is 19.3. The molecular weight excluding hydrogens is 353 g/mol. The lowest BCUT2D eigenvalue weighted by Crippen LogP contribution is -2.15. The van der Waals surface area contributed by atoms with E-state index in [2.05, 4.69) is 15.5 Å². The monoisotopic (exact) mass is 372 g/mol. The molecule has 0 unspecified atom stereocenters. The minimum absolute atomic E-state index is 0.0435. The second kappa shape index (κ2) is 8.37. The van der Waals surface area contributed by atoms with Crippen molar-refractivity contribution in [2.24, 2.45) is 0 Å². The lowest BCUT2D eigenvalue weighted by atomic mass is 10.2. The summed E-state index contributed by atoms with van der Waals surface area (Å²) in [6, 6.07) is 4.56. The Balaban J connectivity index is 1.99. The van der Waals surface area contributed by atoms with E-state index in [0.29, 0.717) is 5.16 Å². The van der Waals surface area contributed by atoms with Crippen molar-refractivity contribution in [1.82, 2.24) is 14.8 Å². The standard InChI is InChI=1S/C16H19F3N4OS/c1-3-8-23-13(4-2)21-22-15(23)25-10-14(24)20-12-7-5-6-11(9-12)16(17,18)19/h5-7,9H,3-4,8,10H2,1-2H3,(H,20,24). The van der Waals surface area contributed by atoms with Gasteiger partial charge in [-0.05, 0) is 24.6 Å². The van der Waals surface area contributed by atoms with Crippen molar-refractivity contribution in [2.75, 3.05) is 11.1 Å². The molecule has 0 atom stereocenters. The predicted molar refractivity (Wildman–Crippen MR) is 90.5 cm³/mol. The fourth-order valence-electron chi connectivity index (χ4n) is 2.24. The number of rotatable bonds is 7. The molecule has 2 rings (SSSR count). The van der Waals surface area contributed by atoms with Crippen LogP contribution in [0.25, 0.3) is 0 Å². The van der Waals surface area contributed by atoms with Crippen LogP contribution in [0.1, 0.15) is 31.7 Å². The van der Waals surface area contributed by atoms with Gasteiger partial charge in [-0.3, -0.25) is 4.79 Å². The van der Waals surface area contributed by atoms with E-state index < -0.39 is 17.6 Å². The molecule has 0 bridgehead atoms. The number of aryl methyl sites for hydroxylation is 1. The number of hydrogen-bond donors (Lipinski definition) is 1. The van der Waals surface area contributed by atoms with E-state index in [1.54, 1.807) is 0 Å². The van der Waals surface area contributed by atoms with Crippen LogP contribution >= 0.6 is 11.8 Å². The molecule has 1 aromatic carbocycles. The third-order valence-electron chi connectivity index (χ3n) is 3.36. The number of hydrogen-bond acceptors (Lipinski definition) is 4. The Bertz CT molecular complexity index is 730. The van der Waals surface area contributed by atoms with Gasteiger partial charge >= 0.3 is 6.18 Å². The topological polar surface area (TPSA) is 59.8 Å². The molecule has 0 saturated heterocycles. The molecular formula is C16H19F3N4OS. The van der Waals surface area contributed by atoms with E-state index in [1.807, 2.05) is 18.4 Å². The summed E-state index contributed by atoms with van der Waals surface area (Å²) in [6.45, 7) is 4.77. The summed E-state index contributed by atoms with van der Waals surface area (Å²) in [5.41, 5.74) is -0.682. The summed E-state index contributed by atoms with van der Waals surface area (Å²) < 4.78 is 40.0. The van der Waals surface area contributed by atoms with Crippen molar-refractivity contribution in [2.45, 2.75) is 44.6 Å². The molecule has 9 heteroatoms. The fraction of sp³-hybridized carbons (Fsp3) is 0.438. The summed E-state index contributed by atoms with van der Waals surface area (Å²) in [5.74, 6) is 0.498. The molecule has 0 aliphatic carbocycles. The maximum Gasteiger partial charge on any atom is 0.416 e. The molecule has 1 N–H and O–H groups in total. The molecule has 1 amide bonds. The number of nitrogens with zero attached hydrogens (tertiary/aromatic N) is 3. The molecule has 25 heavy (non-hydrogen) atoms. The van der Waals surface area contributed by atoms with Gasteiger partial charge in [0.1, 0.15) is 5.82 Å². The SMILES string of the molecule is CCCn1c(CC)nnc1SCC(=O)Nc1cccc(C(F)(F)F)c1. The van der Waals surface area contributed by atoms with Crippen molar-refractivity contribution in [1.29, 1.82) is 0 Å². The lowest BCUT2D eigenvalue weighted by Gasteiger charge is -2.10. The highest BCUT2D eigenvalue weighted by Crippen LogP contribution is 2.30. The molecule has 1 heterocycles. The summed E-state index contributed by atoms with van der Waals surface area (Å²) in [5, 5.41) is 11.3. The van der Waals surface area contributed by atoms with Crippen molar-refractivity contribution in [3.8, 4) is 0 Å². The van der Waals surface area contributed by atoms with Gasteiger partial charge in [-0.15, -0.1) is 10.2 Å². The number of benzene rings is 1. The van der Waals surface area contributed by atoms with E-state index in [-0.39, 0.29) is 11.4 Å². The first-order chi connectivity index (χ1) is 11.8. The van der Waals surface area contributed by atoms with E-state index in [9.17, 15) is 18.0 Å². The van der Waals surface area contributed by atoms with Gasteiger partial charge in [0, 0.05) is 18.7 Å². The normalized spacial score (nSPS) is 11.6. The maximum absolute atomic E-state index is 12.7. The highest BCUT2D eigenvalue weighted by atomic mass is 32.2. The molecule has 0 radical (unpaired) electrons. The summed E-state index contributed by atoms with van der Waals surface area (Å²) in [7, 11) is 0. The van der Waals surface area contributed by atoms with E-state index in [1.165, 1.54) is 23.9 Å². The number of amides is 1. The number of halogens is 3. The smallest absolute Gasteiger partial charge is 0.325 e. The highest BCUT2D eigenvalue weighted by molar-refractivity contribution is 7.99. The summed E-state index contributed by atoms with van der Waals surface area (Å²) in [4.78, 5) is 12.0. The van der Waals surface area contributed by atoms with Crippen LogP contribution in [0, 0.1) is 0 Å². The van der Waals surface area contributed by atoms with E-state index >= 15 is 0 Å². The summed E-state index contributed by atoms with van der Waals surface area (Å²) >= 11 is 1.22. The fourth-order valence-corrected chi connectivity index (χ4v) is 3.02. The first-order valence-corrected chi connectivity index (χ1v) is 8.85. The zero-order chi connectivity index (χ0) is 18.4. The molecule has 1 aromatic heterocycles. The molecule has 5 nitrogen and oxygen atoms in total. The Morgan fingerprint density at radius 2 is 2.04 bits per heavy atom. The molecule has 0 aliphatic heterocycles. The largest absolute Gasteiger partial charge is 0.416 e. The Kier molecular flexibility index (Phi) is 6.46. The number of anilines is 1. The van der Waals surface area contributed by atoms with E-state index in [0.717, 1.165) is 37.3 Å². The molecule has 2 aromatic rings. The van der Waals surface area contributed by atoms with Gasteiger partial charge in [0.05, 0.1) is 11.3 Å². The van der Waals surface area contributed by atoms with Crippen LogP contribution in [-0.2, 0) is 23.9 Å². The van der Waals surface area contributed by atoms with Gasteiger partial charge in [0.2, 0.25) is 5.91 Å². The Labute approximate surface area is 148 Å². The number of thioether (sulfide) groups is 1. The molecule has 0 spiro atoms. The lowest BCUT2D eigenvalue weighted by molar-refractivity contribution is -0.137. The van der Waals surface area contributed by atoms with Gasteiger partial charge < -0.3 is 9.88 Å². The number of aromatic nitrogens is 3. The zero-order valence-corrected chi connectivity index (χ0v) is 14.7. The number of alkyl halides is 3. The second-order valence-corrected chi connectivity index (χ2v) is 6.26. The van der Waals surface area contributed by atoms with Gasteiger partial charge in [-0.25, -0.2) is 0 Å². The summed E-state index contributed by atoms with van der Waals surface area (Å²) in [6.07, 6.45) is -2.79. The van der Waals surface area contributed by atoms with Crippen LogP contribution < -0.4 is 5.32 Å². The number of carbonyl (C=O) groups excluding carboxylic acids is 1. The maximum atomic E-state index is 12.7. The van der Waals surface area contributed by atoms with Crippen LogP contribution in [-0.4, -0.2) is 26.4 Å². The van der Waals surface area contributed by atoms with Gasteiger partial charge in [0.25, 0.3) is 0 Å². The van der Waals surface area contributed by atoms with Crippen molar-refractivity contribution >= 4 is 23.4 Å². The van der Waals surface area contributed by atoms with Gasteiger partial charge in [-0.1, -0.05) is 31.7 Å². The molecule has 0 fully saturated rings. The molecule has 136 valence electrons. The van der Waals surface area contributed by atoms with Crippen LogP contribution in [0.2, 0.25) is 0 Å². The van der Waals surface area contributed by atoms with Crippen molar-refractivity contribution in [3.63, 3.8) is 0 Å². The first-order valence-electron chi connectivity index (χ1n) is 7.87. The number of nitrogens with one attached hydrogen (secondary N) is 1. The predicted octanol–water partition coefficient (Wildman–Crippen LogP) is 4.00. The average Bonchev–Trinajstić information content (AvgIpc) is 2.95. The van der Waals surface area contributed by atoms with Crippen LogP contribution in [0.4, 0.5) is 18.9 Å². The highest BCUT2D eigenvalue weighted by Gasteiger charge is 2.30.